The van der Waals surface area contributed by atoms with E-state index in [9.17, 15) is 9.59 Å². The number of nitrogens with one attached hydrogen (secondary N) is 2. The lowest BCUT2D eigenvalue weighted by Crippen LogP contribution is -2.28. The molecular weight excluding hydrogens is 386 g/mol. The van der Waals surface area contributed by atoms with Crippen LogP contribution in [0.25, 0.3) is 0 Å². The van der Waals surface area contributed by atoms with Crippen LogP contribution in [-0.2, 0) is 23.5 Å². The van der Waals surface area contributed by atoms with E-state index < -0.39 is 0 Å². The number of nitrogens with zero attached hydrogens (tertiary/aromatic N) is 1. The number of benzene rings is 2. The quantitative estimate of drug-likeness (QED) is 0.441. The minimum absolute atomic E-state index is 0.00182. The molecule has 0 spiro atoms. The summed E-state index contributed by atoms with van der Waals surface area (Å²) in [5.74, 6) is 1.23. The normalized spacial score (nSPS) is 10.6. The first-order chi connectivity index (χ1) is 14.0. The largest absolute Gasteiger partial charge is 0.497 e. The number of thioether (sulfide) groups is 1. The van der Waals surface area contributed by atoms with Crippen LogP contribution in [0, 0.1) is 6.92 Å². The van der Waals surface area contributed by atoms with Crippen LogP contribution in [0.3, 0.4) is 0 Å². The van der Waals surface area contributed by atoms with Crippen LogP contribution in [0.5, 0.6) is 5.75 Å². The lowest BCUT2D eigenvalue weighted by atomic mass is 10.1. The van der Waals surface area contributed by atoms with Gasteiger partial charge >= 0.3 is 0 Å². The molecule has 0 fully saturated rings. The molecule has 7 heteroatoms. The molecule has 0 atom stereocenters. The Hall–Kier alpha value is -3.06. The number of H-pyrrole nitrogens is 1. The molecule has 0 aliphatic rings. The number of hydrogen-bond acceptors (Lipinski definition) is 5. The van der Waals surface area contributed by atoms with Crippen molar-refractivity contribution in [3.8, 4) is 5.75 Å². The number of aromatic amines is 1. The van der Waals surface area contributed by atoms with E-state index in [4.69, 9.17) is 4.74 Å². The molecule has 150 valence electrons. The SMILES string of the molecule is COc1cccc(CSc2nc(C)c(CC(=O)NCc3ccccc3)c(=O)[nH]2)c1. The van der Waals surface area contributed by atoms with Gasteiger partial charge in [-0.05, 0) is 30.2 Å². The van der Waals surface area contributed by atoms with Crippen molar-refractivity contribution in [1.29, 1.82) is 0 Å². The summed E-state index contributed by atoms with van der Waals surface area (Å²) in [7, 11) is 1.63. The number of aromatic nitrogens is 2. The van der Waals surface area contributed by atoms with Gasteiger partial charge in [0.15, 0.2) is 5.16 Å². The van der Waals surface area contributed by atoms with Gasteiger partial charge in [0.2, 0.25) is 5.91 Å². The minimum Gasteiger partial charge on any atom is -0.497 e. The van der Waals surface area contributed by atoms with Crippen LogP contribution in [-0.4, -0.2) is 23.0 Å². The predicted molar refractivity (Wildman–Crippen MR) is 114 cm³/mol. The molecule has 1 aromatic heterocycles. The molecule has 2 aromatic carbocycles. The minimum atomic E-state index is -0.277. The molecule has 0 saturated carbocycles. The standard InChI is InChI=1S/C22H23N3O3S/c1-15-19(12-20(26)23-13-16-7-4-3-5-8-16)21(27)25-22(24-15)29-14-17-9-6-10-18(11-17)28-2/h3-11H,12-14H2,1-2H3,(H,23,26)(H,24,25,27). The summed E-state index contributed by atoms with van der Waals surface area (Å²) in [5.41, 5.74) is 2.76. The van der Waals surface area contributed by atoms with Gasteiger partial charge in [-0.2, -0.15) is 0 Å². The number of ether oxygens (including phenoxy) is 1. The van der Waals surface area contributed by atoms with Crippen molar-refractivity contribution in [1.82, 2.24) is 15.3 Å². The van der Waals surface area contributed by atoms with Crippen LogP contribution >= 0.6 is 11.8 Å². The molecular formula is C22H23N3O3S. The van der Waals surface area contributed by atoms with Gasteiger partial charge in [0.1, 0.15) is 5.75 Å². The molecule has 1 amide bonds. The first-order valence-corrected chi connectivity index (χ1v) is 10.2. The number of carbonyl (C=O) groups is 1. The fourth-order valence-electron chi connectivity index (χ4n) is 2.79. The zero-order valence-corrected chi connectivity index (χ0v) is 17.2. The van der Waals surface area contributed by atoms with Crippen LogP contribution in [0.4, 0.5) is 0 Å². The second-order valence-electron chi connectivity index (χ2n) is 6.51. The van der Waals surface area contributed by atoms with Gasteiger partial charge in [-0.1, -0.05) is 54.2 Å². The van der Waals surface area contributed by atoms with Crippen molar-refractivity contribution in [2.24, 2.45) is 0 Å². The van der Waals surface area contributed by atoms with E-state index in [-0.39, 0.29) is 17.9 Å². The van der Waals surface area contributed by atoms with Gasteiger partial charge in [0.05, 0.1) is 13.5 Å². The molecule has 0 bridgehead atoms. The number of amides is 1. The zero-order valence-electron chi connectivity index (χ0n) is 16.4. The smallest absolute Gasteiger partial charge is 0.255 e. The van der Waals surface area contributed by atoms with Crippen molar-refractivity contribution >= 4 is 17.7 Å². The Kier molecular flexibility index (Phi) is 7.08. The first-order valence-electron chi connectivity index (χ1n) is 9.21. The number of hydrogen-bond donors (Lipinski definition) is 2. The van der Waals surface area contributed by atoms with Crippen molar-refractivity contribution < 1.29 is 9.53 Å². The summed E-state index contributed by atoms with van der Waals surface area (Å²) in [6.45, 7) is 2.18. The summed E-state index contributed by atoms with van der Waals surface area (Å²) in [6.07, 6.45) is 0.00182. The first kappa shape index (κ1) is 20.7. The molecule has 0 radical (unpaired) electrons. The van der Waals surface area contributed by atoms with Gasteiger partial charge in [0.25, 0.3) is 5.56 Å². The third-order valence-corrected chi connectivity index (χ3v) is 5.32. The Morgan fingerprint density at radius 1 is 1.14 bits per heavy atom. The zero-order chi connectivity index (χ0) is 20.6. The number of rotatable bonds is 8. The van der Waals surface area contributed by atoms with E-state index in [1.165, 1.54) is 11.8 Å². The van der Waals surface area contributed by atoms with E-state index in [2.05, 4.69) is 15.3 Å². The molecule has 29 heavy (non-hydrogen) atoms. The molecule has 3 rings (SSSR count). The summed E-state index contributed by atoms with van der Waals surface area (Å²) < 4.78 is 5.23. The van der Waals surface area contributed by atoms with E-state index in [0.29, 0.717) is 28.7 Å². The number of carbonyl (C=O) groups excluding carboxylic acids is 1. The van der Waals surface area contributed by atoms with E-state index in [1.54, 1.807) is 14.0 Å². The summed E-state index contributed by atoms with van der Waals surface area (Å²) in [4.78, 5) is 31.9. The third-order valence-electron chi connectivity index (χ3n) is 4.38. The number of aryl methyl sites for hydroxylation is 1. The fraction of sp³-hybridized carbons (Fsp3) is 0.227. The molecule has 0 aliphatic heterocycles. The van der Waals surface area contributed by atoms with Gasteiger partial charge in [-0.25, -0.2) is 4.98 Å². The van der Waals surface area contributed by atoms with Gasteiger partial charge in [-0.3, -0.25) is 9.59 Å². The highest BCUT2D eigenvalue weighted by Crippen LogP contribution is 2.21. The molecule has 0 aliphatic carbocycles. The molecule has 0 unspecified atom stereocenters. The second-order valence-corrected chi connectivity index (χ2v) is 7.48. The Labute approximate surface area is 173 Å². The monoisotopic (exact) mass is 409 g/mol. The highest BCUT2D eigenvalue weighted by molar-refractivity contribution is 7.98. The second kappa shape index (κ2) is 9.93. The average molecular weight is 410 g/mol. The Morgan fingerprint density at radius 2 is 1.90 bits per heavy atom. The maximum Gasteiger partial charge on any atom is 0.255 e. The van der Waals surface area contributed by atoms with Gasteiger partial charge in [0, 0.05) is 23.6 Å². The van der Waals surface area contributed by atoms with Crippen LogP contribution < -0.4 is 15.6 Å². The molecule has 1 heterocycles. The third kappa shape index (κ3) is 5.96. The van der Waals surface area contributed by atoms with E-state index in [1.807, 2.05) is 54.6 Å². The molecule has 3 aromatic rings. The van der Waals surface area contributed by atoms with Gasteiger partial charge < -0.3 is 15.0 Å². The Balaban J connectivity index is 1.61. The van der Waals surface area contributed by atoms with Crippen molar-refractivity contribution in [3.05, 3.63) is 87.3 Å². The lowest BCUT2D eigenvalue weighted by molar-refractivity contribution is -0.120. The van der Waals surface area contributed by atoms with Crippen molar-refractivity contribution in [3.63, 3.8) is 0 Å². The molecule has 2 N–H and O–H groups in total. The maximum atomic E-state index is 12.5. The van der Waals surface area contributed by atoms with E-state index in [0.717, 1.165) is 16.9 Å². The highest BCUT2D eigenvalue weighted by atomic mass is 32.2. The van der Waals surface area contributed by atoms with Crippen molar-refractivity contribution in [2.75, 3.05) is 7.11 Å². The average Bonchev–Trinajstić information content (AvgIpc) is 2.74. The predicted octanol–water partition coefficient (Wildman–Crippen LogP) is 3.24. The van der Waals surface area contributed by atoms with Crippen molar-refractivity contribution in [2.45, 2.75) is 30.8 Å². The Bertz CT molecular complexity index is 1030. The Morgan fingerprint density at radius 3 is 2.62 bits per heavy atom. The topological polar surface area (TPSA) is 84.1 Å². The summed E-state index contributed by atoms with van der Waals surface area (Å²) in [6, 6.07) is 17.4. The van der Waals surface area contributed by atoms with Crippen LogP contribution in [0.1, 0.15) is 22.4 Å². The molecule has 0 saturated heterocycles. The summed E-state index contributed by atoms with van der Waals surface area (Å²) in [5, 5.41) is 3.37. The van der Waals surface area contributed by atoms with Crippen LogP contribution in [0.15, 0.2) is 64.5 Å². The van der Waals surface area contributed by atoms with E-state index >= 15 is 0 Å². The lowest BCUT2D eigenvalue weighted by Gasteiger charge is -2.09. The molecule has 6 nitrogen and oxygen atoms in total. The maximum absolute atomic E-state index is 12.5. The fourth-order valence-corrected chi connectivity index (χ4v) is 3.64. The number of methoxy groups -OCH3 is 1. The summed E-state index contributed by atoms with van der Waals surface area (Å²) >= 11 is 1.43. The highest BCUT2D eigenvalue weighted by Gasteiger charge is 2.13. The van der Waals surface area contributed by atoms with Crippen LogP contribution in [0.2, 0.25) is 0 Å². The van der Waals surface area contributed by atoms with Gasteiger partial charge in [-0.15, -0.1) is 0 Å².